The van der Waals surface area contributed by atoms with Gasteiger partial charge in [0.25, 0.3) is 5.91 Å². The summed E-state index contributed by atoms with van der Waals surface area (Å²) in [5.41, 5.74) is 1.91. The van der Waals surface area contributed by atoms with Gasteiger partial charge < -0.3 is 19.9 Å². The van der Waals surface area contributed by atoms with E-state index >= 15 is 0 Å². The lowest BCUT2D eigenvalue weighted by Gasteiger charge is -2.23. The van der Waals surface area contributed by atoms with Gasteiger partial charge in [-0.15, -0.1) is 0 Å². The number of amides is 3. The summed E-state index contributed by atoms with van der Waals surface area (Å²) in [6.07, 6.45) is 2.94. The molecule has 1 aromatic carbocycles. The van der Waals surface area contributed by atoms with Crippen LogP contribution in [0, 0.1) is 5.92 Å². The highest BCUT2D eigenvalue weighted by Gasteiger charge is 2.37. The molecule has 31 heavy (non-hydrogen) atoms. The van der Waals surface area contributed by atoms with Crippen LogP contribution in [0.4, 0.5) is 5.69 Å². The smallest absolute Gasteiger partial charge is 0.311 e. The number of benzene rings is 1. The second-order valence-corrected chi connectivity index (χ2v) is 8.47. The minimum absolute atomic E-state index is 0.0570. The van der Waals surface area contributed by atoms with E-state index in [0.29, 0.717) is 5.92 Å². The quantitative estimate of drug-likeness (QED) is 0.604. The van der Waals surface area contributed by atoms with Crippen molar-refractivity contribution in [1.29, 1.82) is 0 Å². The Bertz CT molecular complexity index is 851. The molecule has 2 fully saturated rings. The zero-order chi connectivity index (χ0) is 22.5. The fourth-order valence-electron chi connectivity index (χ4n) is 3.63. The fourth-order valence-corrected chi connectivity index (χ4v) is 3.63. The van der Waals surface area contributed by atoms with E-state index in [1.54, 1.807) is 4.90 Å². The average molecular weight is 430 g/mol. The number of nitrogens with one attached hydrogen (secondary N) is 1. The summed E-state index contributed by atoms with van der Waals surface area (Å²) < 4.78 is 5.17. The summed E-state index contributed by atoms with van der Waals surface area (Å²) >= 11 is 0. The number of carbonyl (C=O) groups is 4. The Morgan fingerprint density at radius 1 is 1.26 bits per heavy atom. The zero-order valence-corrected chi connectivity index (χ0v) is 18.4. The van der Waals surface area contributed by atoms with Crippen LogP contribution in [-0.4, -0.2) is 61.4 Å². The molecule has 0 spiro atoms. The molecule has 2 atom stereocenters. The van der Waals surface area contributed by atoms with Crippen LogP contribution in [0.25, 0.3) is 0 Å². The van der Waals surface area contributed by atoms with Gasteiger partial charge in [-0.05, 0) is 36.8 Å². The molecule has 1 aliphatic heterocycles. The van der Waals surface area contributed by atoms with Gasteiger partial charge in [0.15, 0.2) is 6.61 Å². The molecule has 3 amide bonds. The Morgan fingerprint density at radius 3 is 2.65 bits per heavy atom. The molecule has 168 valence electrons. The summed E-state index contributed by atoms with van der Waals surface area (Å²) in [4.78, 5) is 52.0. The van der Waals surface area contributed by atoms with E-state index in [0.717, 1.165) is 30.5 Å². The molecule has 2 aliphatic rings. The van der Waals surface area contributed by atoms with E-state index in [-0.39, 0.29) is 37.4 Å². The Balaban J connectivity index is 1.52. The molecular weight excluding hydrogens is 398 g/mol. The Hall–Kier alpha value is -2.90. The maximum atomic E-state index is 12.6. The van der Waals surface area contributed by atoms with E-state index in [2.05, 4.69) is 19.2 Å². The first-order chi connectivity index (χ1) is 14.8. The number of para-hydroxylation sites is 1. The fraction of sp³-hybridized carbons (Fsp3) is 0.565. The highest BCUT2D eigenvalue weighted by Crippen LogP contribution is 2.33. The topological polar surface area (TPSA) is 96.0 Å². The number of rotatable bonds is 9. The lowest BCUT2D eigenvalue weighted by atomic mass is 9.96. The maximum Gasteiger partial charge on any atom is 0.311 e. The first kappa shape index (κ1) is 22.8. The third-order valence-electron chi connectivity index (χ3n) is 5.92. The van der Waals surface area contributed by atoms with Crippen LogP contribution in [-0.2, 0) is 23.9 Å². The monoisotopic (exact) mass is 429 g/mol. The summed E-state index contributed by atoms with van der Waals surface area (Å²) in [5.74, 6) is -1.70. The molecule has 1 saturated heterocycles. The van der Waals surface area contributed by atoms with E-state index in [1.165, 1.54) is 11.9 Å². The summed E-state index contributed by atoms with van der Waals surface area (Å²) in [5, 5.41) is 2.81. The second kappa shape index (κ2) is 9.94. The second-order valence-electron chi connectivity index (χ2n) is 8.47. The number of likely N-dealkylation sites (N-methyl/N-ethyl adjacent to an activating group) is 1. The van der Waals surface area contributed by atoms with Gasteiger partial charge in [0, 0.05) is 31.7 Å². The van der Waals surface area contributed by atoms with Crippen molar-refractivity contribution >= 4 is 29.4 Å². The molecule has 0 unspecified atom stereocenters. The van der Waals surface area contributed by atoms with Gasteiger partial charge in [0.1, 0.15) is 0 Å². The van der Waals surface area contributed by atoms with Crippen LogP contribution in [0.15, 0.2) is 24.3 Å². The molecule has 0 bridgehead atoms. The van der Waals surface area contributed by atoms with Gasteiger partial charge in [-0.2, -0.15) is 0 Å². The lowest BCUT2D eigenvalue weighted by molar-refractivity contribution is -0.155. The predicted molar refractivity (Wildman–Crippen MR) is 115 cm³/mol. The van der Waals surface area contributed by atoms with Crippen LogP contribution in [0.2, 0.25) is 0 Å². The minimum atomic E-state index is -0.617. The number of esters is 1. The van der Waals surface area contributed by atoms with Crippen LogP contribution >= 0.6 is 0 Å². The minimum Gasteiger partial charge on any atom is -0.455 e. The molecule has 0 radical (unpaired) electrons. The lowest BCUT2D eigenvalue weighted by Crippen LogP contribution is -2.41. The molecule has 1 aromatic rings. The molecule has 8 heteroatoms. The van der Waals surface area contributed by atoms with Gasteiger partial charge in [-0.1, -0.05) is 32.0 Å². The molecule has 1 aliphatic carbocycles. The van der Waals surface area contributed by atoms with Crippen molar-refractivity contribution in [3.05, 3.63) is 29.8 Å². The van der Waals surface area contributed by atoms with Gasteiger partial charge in [-0.25, -0.2) is 0 Å². The molecule has 1 N–H and O–H groups in total. The van der Waals surface area contributed by atoms with Crippen LogP contribution in [0.5, 0.6) is 0 Å². The van der Waals surface area contributed by atoms with Gasteiger partial charge in [0.2, 0.25) is 11.8 Å². The van der Waals surface area contributed by atoms with E-state index in [9.17, 15) is 19.2 Å². The first-order valence-electron chi connectivity index (χ1n) is 10.9. The Morgan fingerprint density at radius 2 is 1.97 bits per heavy atom. The van der Waals surface area contributed by atoms with Crippen LogP contribution in [0.1, 0.15) is 51.0 Å². The van der Waals surface area contributed by atoms with Crippen LogP contribution < -0.4 is 10.2 Å². The maximum absolute atomic E-state index is 12.6. The molecular formula is C23H31N3O5. The van der Waals surface area contributed by atoms with E-state index in [1.807, 2.05) is 24.3 Å². The number of anilines is 1. The average Bonchev–Trinajstić information content (AvgIpc) is 3.48. The Kier molecular flexibility index (Phi) is 7.30. The number of hydrogen-bond acceptors (Lipinski definition) is 5. The summed E-state index contributed by atoms with van der Waals surface area (Å²) in [6, 6.07) is 7.97. The molecule has 0 aromatic heterocycles. The third-order valence-corrected chi connectivity index (χ3v) is 5.92. The molecule has 1 saturated carbocycles. The molecule has 8 nitrogen and oxygen atoms in total. The van der Waals surface area contributed by atoms with E-state index in [4.69, 9.17) is 4.74 Å². The van der Waals surface area contributed by atoms with Crippen molar-refractivity contribution in [1.82, 2.24) is 10.2 Å². The van der Waals surface area contributed by atoms with Crippen molar-refractivity contribution in [3.8, 4) is 0 Å². The third kappa shape index (κ3) is 5.83. The number of carbonyl (C=O) groups excluding carboxylic acids is 4. The van der Waals surface area contributed by atoms with E-state index < -0.39 is 24.4 Å². The van der Waals surface area contributed by atoms with Gasteiger partial charge >= 0.3 is 5.97 Å². The van der Waals surface area contributed by atoms with Gasteiger partial charge in [0.05, 0.1) is 12.5 Å². The first-order valence-corrected chi connectivity index (χ1v) is 10.9. The van der Waals surface area contributed by atoms with Gasteiger partial charge in [-0.3, -0.25) is 19.2 Å². The standard InChI is InChI=1S/C23H31N3O5/c1-4-15(2)18-7-5-6-8-19(18)26-12-16(11-21(26)28)23(30)31-14-22(29)25(3)13-20(27)24-17-9-10-17/h5-8,15-17H,4,9-14H2,1-3H3,(H,24,27)/t15-,16+/m0/s1. The largest absolute Gasteiger partial charge is 0.455 e. The number of ether oxygens (including phenoxy) is 1. The number of nitrogens with zero attached hydrogens (tertiary/aromatic N) is 2. The zero-order valence-electron chi connectivity index (χ0n) is 18.4. The molecule has 3 rings (SSSR count). The van der Waals surface area contributed by atoms with Crippen molar-refractivity contribution in [2.75, 3.05) is 31.6 Å². The Labute approximate surface area is 182 Å². The number of hydrogen-bond donors (Lipinski definition) is 1. The van der Waals surface area contributed by atoms with Crippen LogP contribution in [0.3, 0.4) is 0 Å². The van der Waals surface area contributed by atoms with Crippen molar-refractivity contribution in [3.63, 3.8) is 0 Å². The van der Waals surface area contributed by atoms with Crippen molar-refractivity contribution in [2.24, 2.45) is 5.92 Å². The molecule has 1 heterocycles. The van der Waals surface area contributed by atoms with Crippen molar-refractivity contribution < 1.29 is 23.9 Å². The predicted octanol–water partition coefficient (Wildman–Crippen LogP) is 1.83. The highest BCUT2D eigenvalue weighted by atomic mass is 16.5. The summed E-state index contributed by atoms with van der Waals surface area (Å²) in [7, 11) is 1.50. The summed E-state index contributed by atoms with van der Waals surface area (Å²) in [6.45, 7) is 3.92. The highest BCUT2D eigenvalue weighted by molar-refractivity contribution is 6.00. The normalized spacial score (nSPS) is 19.1. The SMILES string of the molecule is CC[C@H](C)c1ccccc1N1C[C@H](C(=O)OCC(=O)N(C)CC(=O)NC2CC2)CC1=O. The van der Waals surface area contributed by atoms with Crippen molar-refractivity contribution in [2.45, 2.75) is 51.5 Å².